The molecule has 0 radical (unpaired) electrons. The lowest BCUT2D eigenvalue weighted by Gasteiger charge is -2.17. The molecule has 0 spiro atoms. The Balaban J connectivity index is 1.82. The lowest BCUT2D eigenvalue weighted by molar-refractivity contribution is -0.129. The molecule has 0 fully saturated rings. The third kappa shape index (κ3) is 4.42. The van der Waals surface area contributed by atoms with E-state index >= 15 is 0 Å². The Hall–Kier alpha value is -2.15. The number of hydrogen-bond donors (Lipinski definition) is 1. The van der Waals surface area contributed by atoms with Crippen LogP contribution in [0.3, 0.4) is 0 Å². The number of carbonyl (C=O) groups is 2. The molecule has 0 aliphatic carbocycles. The molecule has 1 N–H and O–H groups in total. The standard InChI is InChI=1S/C14H14BrN3O3/c1-18(9-10-3-2-6-16-7-10)13(19)8-17-14(20)11-4-5-12(15)21-11/h2-7H,8-9H2,1H3,(H,17,20). The smallest absolute Gasteiger partial charge is 0.287 e. The molecule has 7 heteroatoms. The lowest BCUT2D eigenvalue weighted by Crippen LogP contribution is -2.37. The second-order valence-electron chi connectivity index (χ2n) is 4.40. The maximum atomic E-state index is 11.9. The van der Waals surface area contributed by atoms with Gasteiger partial charge in [-0.05, 0) is 39.7 Å². The molecular formula is C14H14BrN3O3. The van der Waals surface area contributed by atoms with Crippen molar-refractivity contribution in [3.63, 3.8) is 0 Å². The van der Waals surface area contributed by atoms with Crippen LogP contribution in [0, 0.1) is 0 Å². The predicted molar refractivity (Wildman–Crippen MR) is 79.5 cm³/mol. The first-order chi connectivity index (χ1) is 10.1. The summed E-state index contributed by atoms with van der Waals surface area (Å²) in [5.74, 6) is -0.466. The fourth-order valence-electron chi connectivity index (χ4n) is 1.67. The van der Waals surface area contributed by atoms with Crippen molar-refractivity contribution >= 4 is 27.7 Å². The zero-order valence-electron chi connectivity index (χ0n) is 11.4. The first kappa shape index (κ1) is 15.2. The van der Waals surface area contributed by atoms with E-state index in [9.17, 15) is 9.59 Å². The summed E-state index contributed by atoms with van der Waals surface area (Å²) in [5, 5.41) is 2.52. The van der Waals surface area contributed by atoms with E-state index in [2.05, 4.69) is 26.2 Å². The van der Waals surface area contributed by atoms with Crippen LogP contribution in [0.5, 0.6) is 0 Å². The van der Waals surface area contributed by atoms with Gasteiger partial charge >= 0.3 is 0 Å². The summed E-state index contributed by atoms with van der Waals surface area (Å²) in [5.41, 5.74) is 0.926. The average Bonchev–Trinajstić information content (AvgIpc) is 2.92. The van der Waals surface area contributed by atoms with Crippen molar-refractivity contribution in [2.45, 2.75) is 6.54 Å². The Bertz CT molecular complexity index is 627. The number of hydrogen-bond acceptors (Lipinski definition) is 4. The van der Waals surface area contributed by atoms with Crippen molar-refractivity contribution < 1.29 is 14.0 Å². The molecule has 0 saturated carbocycles. The minimum absolute atomic E-state index is 0.0894. The third-order valence-corrected chi connectivity index (χ3v) is 3.19. The molecule has 2 heterocycles. The van der Waals surface area contributed by atoms with Crippen LogP contribution < -0.4 is 5.32 Å². The van der Waals surface area contributed by atoms with Crippen molar-refractivity contribution in [1.29, 1.82) is 0 Å². The summed E-state index contributed by atoms with van der Waals surface area (Å²) >= 11 is 3.11. The highest BCUT2D eigenvalue weighted by molar-refractivity contribution is 9.10. The molecule has 0 aromatic carbocycles. The predicted octanol–water partition coefficient (Wildman–Crippen LogP) is 1.83. The van der Waals surface area contributed by atoms with Gasteiger partial charge in [0, 0.05) is 26.0 Å². The highest BCUT2D eigenvalue weighted by atomic mass is 79.9. The van der Waals surface area contributed by atoms with Gasteiger partial charge in [0.25, 0.3) is 5.91 Å². The van der Waals surface area contributed by atoms with Gasteiger partial charge in [-0.3, -0.25) is 14.6 Å². The summed E-state index contributed by atoms with van der Waals surface area (Å²) in [7, 11) is 1.67. The number of carbonyl (C=O) groups excluding carboxylic acids is 2. The number of amides is 2. The van der Waals surface area contributed by atoms with Crippen molar-refractivity contribution in [2.24, 2.45) is 0 Å². The second-order valence-corrected chi connectivity index (χ2v) is 5.18. The average molecular weight is 352 g/mol. The molecule has 2 amide bonds. The van der Waals surface area contributed by atoms with Crippen molar-refractivity contribution in [1.82, 2.24) is 15.2 Å². The Labute approximate surface area is 130 Å². The topological polar surface area (TPSA) is 75.4 Å². The van der Waals surface area contributed by atoms with Gasteiger partial charge in [-0.1, -0.05) is 6.07 Å². The number of rotatable bonds is 5. The minimum atomic E-state index is -0.427. The lowest BCUT2D eigenvalue weighted by atomic mass is 10.2. The van der Waals surface area contributed by atoms with Crippen LogP contribution >= 0.6 is 15.9 Å². The van der Waals surface area contributed by atoms with Gasteiger partial charge in [0.2, 0.25) is 5.91 Å². The quantitative estimate of drug-likeness (QED) is 0.891. The van der Waals surface area contributed by atoms with Gasteiger partial charge in [0.15, 0.2) is 10.4 Å². The summed E-state index contributed by atoms with van der Waals surface area (Å²) in [6.07, 6.45) is 3.37. The number of nitrogens with zero attached hydrogens (tertiary/aromatic N) is 2. The normalized spacial score (nSPS) is 10.2. The Kier molecular flexibility index (Phi) is 5.10. The number of likely N-dealkylation sites (N-methyl/N-ethyl adjacent to an activating group) is 1. The van der Waals surface area contributed by atoms with Gasteiger partial charge < -0.3 is 14.6 Å². The molecule has 2 rings (SSSR count). The molecule has 110 valence electrons. The SMILES string of the molecule is CN(Cc1cccnc1)C(=O)CNC(=O)c1ccc(Br)o1. The molecule has 6 nitrogen and oxygen atoms in total. The van der Waals surface area contributed by atoms with Crippen LogP contribution in [0.2, 0.25) is 0 Å². The van der Waals surface area contributed by atoms with Crippen molar-refractivity contribution in [3.8, 4) is 0 Å². The first-order valence-corrected chi connectivity index (χ1v) is 7.02. The van der Waals surface area contributed by atoms with E-state index < -0.39 is 5.91 Å². The molecular weight excluding hydrogens is 338 g/mol. The van der Waals surface area contributed by atoms with E-state index in [1.807, 2.05) is 12.1 Å². The first-order valence-electron chi connectivity index (χ1n) is 6.22. The zero-order valence-corrected chi connectivity index (χ0v) is 13.0. The molecule has 2 aromatic heterocycles. The maximum Gasteiger partial charge on any atom is 0.287 e. The van der Waals surface area contributed by atoms with Crippen LogP contribution in [0.25, 0.3) is 0 Å². The summed E-state index contributed by atoms with van der Waals surface area (Å²) in [4.78, 5) is 29.2. The Morgan fingerprint density at radius 3 is 2.81 bits per heavy atom. The molecule has 2 aromatic rings. The second kappa shape index (κ2) is 7.03. The van der Waals surface area contributed by atoms with E-state index in [0.717, 1.165) is 5.56 Å². The number of furan rings is 1. The van der Waals surface area contributed by atoms with Crippen LogP contribution in [-0.4, -0.2) is 35.3 Å². The van der Waals surface area contributed by atoms with Gasteiger partial charge in [-0.15, -0.1) is 0 Å². The number of pyridine rings is 1. The van der Waals surface area contributed by atoms with Gasteiger partial charge in [0.05, 0.1) is 6.54 Å². The summed E-state index contributed by atoms with van der Waals surface area (Å²) in [6.45, 7) is 0.350. The molecule has 0 bridgehead atoms. The third-order valence-electron chi connectivity index (χ3n) is 2.77. The molecule has 21 heavy (non-hydrogen) atoms. The fraction of sp³-hybridized carbons (Fsp3) is 0.214. The van der Waals surface area contributed by atoms with E-state index in [0.29, 0.717) is 11.2 Å². The molecule has 0 saturated heterocycles. The van der Waals surface area contributed by atoms with E-state index in [1.165, 1.54) is 11.0 Å². The minimum Gasteiger partial charge on any atom is -0.444 e. The van der Waals surface area contributed by atoms with Gasteiger partial charge in [0.1, 0.15) is 0 Å². The van der Waals surface area contributed by atoms with Crippen LogP contribution in [-0.2, 0) is 11.3 Å². The van der Waals surface area contributed by atoms with Crippen molar-refractivity contribution in [2.75, 3.05) is 13.6 Å². The molecule has 0 aliphatic rings. The number of aromatic nitrogens is 1. The van der Waals surface area contributed by atoms with Crippen LogP contribution in [0.15, 0.2) is 45.7 Å². The Morgan fingerprint density at radius 1 is 1.38 bits per heavy atom. The fourth-order valence-corrected chi connectivity index (χ4v) is 1.97. The summed E-state index contributed by atoms with van der Waals surface area (Å²) in [6, 6.07) is 6.84. The van der Waals surface area contributed by atoms with Gasteiger partial charge in [-0.25, -0.2) is 0 Å². The van der Waals surface area contributed by atoms with E-state index in [-0.39, 0.29) is 18.2 Å². The highest BCUT2D eigenvalue weighted by Gasteiger charge is 2.14. The molecule has 0 unspecified atom stereocenters. The zero-order chi connectivity index (χ0) is 15.2. The molecule has 0 atom stereocenters. The Morgan fingerprint density at radius 2 is 2.19 bits per heavy atom. The van der Waals surface area contributed by atoms with E-state index in [1.54, 1.807) is 25.5 Å². The highest BCUT2D eigenvalue weighted by Crippen LogP contribution is 2.13. The van der Waals surface area contributed by atoms with Gasteiger partial charge in [-0.2, -0.15) is 0 Å². The number of halogens is 1. The van der Waals surface area contributed by atoms with Crippen LogP contribution in [0.1, 0.15) is 16.1 Å². The van der Waals surface area contributed by atoms with Crippen molar-refractivity contribution in [3.05, 3.63) is 52.7 Å². The number of nitrogens with one attached hydrogen (secondary N) is 1. The monoisotopic (exact) mass is 351 g/mol. The summed E-state index contributed by atoms with van der Waals surface area (Å²) < 4.78 is 5.57. The maximum absolute atomic E-state index is 11.9. The molecule has 0 aliphatic heterocycles. The van der Waals surface area contributed by atoms with E-state index in [4.69, 9.17) is 4.42 Å². The largest absolute Gasteiger partial charge is 0.444 e. The van der Waals surface area contributed by atoms with Crippen LogP contribution in [0.4, 0.5) is 0 Å².